The molecule has 3 aromatic carbocycles. The number of para-hydroxylation sites is 4. The fraction of sp³-hybridized carbons (Fsp3) is 0.312. The van der Waals surface area contributed by atoms with E-state index >= 15 is 0 Å². The molecule has 178 valence electrons. The van der Waals surface area contributed by atoms with E-state index in [1.54, 1.807) is 0 Å². The van der Waals surface area contributed by atoms with E-state index in [-0.39, 0.29) is 0 Å². The Morgan fingerprint density at radius 2 is 1.40 bits per heavy atom. The zero-order valence-corrected chi connectivity index (χ0v) is 22.1. The zero-order valence-electron chi connectivity index (χ0n) is 21.1. The lowest BCUT2D eigenvalue weighted by atomic mass is 9.80. The van der Waals surface area contributed by atoms with Gasteiger partial charge in [0.05, 0.1) is 22.7 Å². The molecule has 1 unspecified atom stereocenters. The molecule has 35 heavy (non-hydrogen) atoms. The predicted molar refractivity (Wildman–Crippen MR) is 152 cm³/mol. The molecule has 3 aromatic rings. The molecular weight excluding hydrogens is 440 g/mol. The number of benzene rings is 3. The first-order chi connectivity index (χ1) is 17.1. The van der Waals surface area contributed by atoms with E-state index in [0.29, 0.717) is 23.3 Å². The molecule has 0 bridgehead atoms. The molecule has 1 N–H and O–H groups in total. The second-order valence-corrected chi connectivity index (χ2v) is 15.4. The molecule has 0 radical (unpaired) electrons. The minimum absolute atomic E-state index is 0.489. The number of rotatable bonds is 4. The van der Waals surface area contributed by atoms with Gasteiger partial charge < -0.3 is 9.88 Å². The van der Waals surface area contributed by atoms with Crippen molar-refractivity contribution in [3.05, 3.63) is 109 Å². The minimum Gasteiger partial charge on any atom is -0.366 e. The molecule has 0 amide bonds. The summed E-state index contributed by atoms with van der Waals surface area (Å²) in [6, 6.07) is 29.0. The van der Waals surface area contributed by atoms with Crippen molar-refractivity contribution in [2.75, 3.05) is 9.88 Å². The highest BCUT2D eigenvalue weighted by Gasteiger charge is 2.54. The summed E-state index contributed by atoms with van der Waals surface area (Å²) < 4.78 is 2.79. The fourth-order valence-corrected chi connectivity index (χ4v) is 12.3. The Labute approximate surface area is 211 Å². The Morgan fingerprint density at radius 3 is 2.06 bits per heavy atom. The number of fused-ring (bicyclic) bond motifs is 3. The molecule has 6 rings (SSSR count). The monoisotopic (exact) mass is 476 g/mol. The molecular formula is C32H36N2Si. The summed E-state index contributed by atoms with van der Waals surface area (Å²) in [5.74, 6) is 2.48. The molecule has 3 aliphatic rings. The number of allylic oxidation sites excluding steroid dienone is 4. The van der Waals surface area contributed by atoms with E-state index in [0.717, 1.165) is 5.92 Å². The Kier molecular flexibility index (Phi) is 5.68. The highest BCUT2D eigenvalue weighted by atomic mass is 28.3. The molecule has 3 heteroatoms. The number of nitrogens with zero attached hydrogens (tertiary/aromatic N) is 1. The van der Waals surface area contributed by atoms with Crippen LogP contribution in [0.15, 0.2) is 103 Å². The van der Waals surface area contributed by atoms with Crippen molar-refractivity contribution in [2.24, 2.45) is 17.8 Å². The van der Waals surface area contributed by atoms with Crippen molar-refractivity contribution in [3.8, 4) is 0 Å². The molecule has 0 spiro atoms. The highest BCUT2D eigenvalue weighted by molar-refractivity contribution is 6.84. The fourth-order valence-electron chi connectivity index (χ4n) is 7.50. The van der Waals surface area contributed by atoms with Crippen LogP contribution in [0.25, 0.3) is 0 Å². The first-order valence-corrected chi connectivity index (χ1v) is 16.3. The molecule has 2 nitrogen and oxygen atoms in total. The third kappa shape index (κ3) is 3.68. The second kappa shape index (κ2) is 8.87. The lowest BCUT2D eigenvalue weighted by Gasteiger charge is -2.49. The van der Waals surface area contributed by atoms with Crippen LogP contribution in [0.4, 0.5) is 22.7 Å². The molecule has 0 aromatic heterocycles. The first kappa shape index (κ1) is 22.4. The zero-order chi connectivity index (χ0) is 24.0. The molecule has 0 saturated heterocycles. The van der Waals surface area contributed by atoms with E-state index < -0.39 is 8.24 Å². The van der Waals surface area contributed by atoms with Crippen molar-refractivity contribution >= 4 is 31.0 Å². The van der Waals surface area contributed by atoms with E-state index in [1.807, 2.05) is 0 Å². The highest BCUT2D eigenvalue weighted by Crippen LogP contribution is 2.60. The van der Waals surface area contributed by atoms with Gasteiger partial charge in [0.2, 0.25) is 0 Å². The molecule has 1 saturated carbocycles. The molecule has 1 fully saturated rings. The van der Waals surface area contributed by atoms with Crippen LogP contribution < -0.4 is 9.88 Å². The van der Waals surface area contributed by atoms with Gasteiger partial charge in [0.15, 0.2) is 8.24 Å². The number of nitrogens with one attached hydrogen (secondary N) is 1. The number of hydrogen-bond donors (Lipinski definition) is 1. The van der Waals surface area contributed by atoms with Crippen molar-refractivity contribution in [1.82, 2.24) is 0 Å². The molecule has 2 aliphatic carbocycles. The first-order valence-electron chi connectivity index (χ1n) is 13.2. The summed E-state index contributed by atoms with van der Waals surface area (Å²) in [4.78, 5) is 0. The Bertz CT molecular complexity index is 1220. The lowest BCUT2D eigenvalue weighted by molar-refractivity contribution is 0.411. The maximum atomic E-state index is 3.71. The van der Waals surface area contributed by atoms with Crippen molar-refractivity contribution in [2.45, 2.75) is 44.3 Å². The molecule has 1 aliphatic heterocycles. The Balaban J connectivity index is 1.46. The second-order valence-electron chi connectivity index (χ2n) is 11.0. The Hall–Kier alpha value is -3.04. The maximum absolute atomic E-state index is 3.71. The van der Waals surface area contributed by atoms with Gasteiger partial charge in [-0.05, 0) is 59.5 Å². The van der Waals surface area contributed by atoms with Crippen molar-refractivity contribution in [3.63, 3.8) is 0 Å². The SMILES string of the molecule is CC[C@@H]1C[C@H]2[C@H](C=CC=C[C@H]2c2ccccc2)C1[Si](C)(C)N1c2ccccc2Nc2ccccc21. The average molecular weight is 477 g/mol. The molecule has 1 heterocycles. The van der Waals surface area contributed by atoms with Gasteiger partial charge >= 0.3 is 0 Å². The third-order valence-electron chi connectivity index (χ3n) is 8.88. The summed E-state index contributed by atoms with van der Waals surface area (Å²) in [6.07, 6.45) is 12.2. The van der Waals surface area contributed by atoms with Gasteiger partial charge in [-0.2, -0.15) is 0 Å². The van der Waals surface area contributed by atoms with E-state index in [1.165, 1.54) is 41.2 Å². The largest absolute Gasteiger partial charge is 0.366 e. The van der Waals surface area contributed by atoms with Crippen LogP contribution >= 0.6 is 0 Å². The van der Waals surface area contributed by atoms with E-state index in [4.69, 9.17) is 0 Å². The predicted octanol–water partition coefficient (Wildman–Crippen LogP) is 9.03. The van der Waals surface area contributed by atoms with Crippen LogP contribution in [0.1, 0.15) is 31.2 Å². The number of hydrogen-bond acceptors (Lipinski definition) is 2. The smallest absolute Gasteiger partial charge is 0.160 e. The third-order valence-corrected chi connectivity index (χ3v) is 13.0. The van der Waals surface area contributed by atoms with E-state index in [2.05, 4.69) is 133 Å². The van der Waals surface area contributed by atoms with Gasteiger partial charge in [-0.3, -0.25) is 0 Å². The Morgan fingerprint density at radius 1 is 0.800 bits per heavy atom. The topological polar surface area (TPSA) is 15.3 Å². The van der Waals surface area contributed by atoms with Gasteiger partial charge in [-0.1, -0.05) is 105 Å². The van der Waals surface area contributed by atoms with E-state index in [9.17, 15) is 0 Å². The lowest BCUT2D eigenvalue weighted by Crippen LogP contribution is -2.53. The van der Waals surface area contributed by atoms with Crippen LogP contribution in [0, 0.1) is 17.8 Å². The van der Waals surface area contributed by atoms with Crippen LogP contribution in [-0.4, -0.2) is 8.24 Å². The van der Waals surface area contributed by atoms with Gasteiger partial charge in [0.25, 0.3) is 0 Å². The minimum atomic E-state index is -2.00. The van der Waals surface area contributed by atoms with Crippen LogP contribution in [0.3, 0.4) is 0 Å². The summed E-state index contributed by atoms with van der Waals surface area (Å²) in [5, 5.41) is 3.71. The summed E-state index contributed by atoms with van der Waals surface area (Å²) in [7, 11) is -2.00. The quantitative estimate of drug-likeness (QED) is 0.378. The number of anilines is 4. The van der Waals surface area contributed by atoms with Crippen molar-refractivity contribution in [1.29, 1.82) is 0 Å². The summed E-state index contributed by atoms with van der Waals surface area (Å²) in [5.41, 5.74) is 7.30. The van der Waals surface area contributed by atoms with Gasteiger partial charge in [-0.25, -0.2) is 0 Å². The van der Waals surface area contributed by atoms with Crippen LogP contribution in [0.2, 0.25) is 18.6 Å². The molecule has 5 atom stereocenters. The van der Waals surface area contributed by atoms with Gasteiger partial charge in [-0.15, -0.1) is 0 Å². The average Bonchev–Trinajstić information content (AvgIpc) is 3.14. The van der Waals surface area contributed by atoms with Crippen LogP contribution in [-0.2, 0) is 0 Å². The van der Waals surface area contributed by atoms with Gasteiger partial charge in [0, 0.05) is 5.92 Å². The van der Waals surface area contributed by atoms with Gasteiger partial charge in [0.1, 0.15) is 0 Å². The maximum Gasteiger partial charge on any atom is 0.160 e. The standard InChI is InChI=1S/C32H36N2Si/c1-4-23-22-27-25(24-14-6-5-7-15-24)16-8-9-17-26(27)32(23)35(2,3)34-30-20-12-10-18-28(30)33-29-19-11-13-21-31(29)34/h5-21,23,25-27,32-33H,4,22H2,1-3H3/t23-,25+,26+,27-,32?/m1/s1. The van der Waals surface area contributed by atoms with Crippen LogP contribution in [0.5, 0.6) is 0 Å². The summed E-state index contributed by atoms with van der Waals surface area (Å²) >= 11 is 0. The normalized spacial score (nSPS) is 26.9. The summed E-state index contributed by atoms with van der Waals surface area (Å²) in [6.45, 7) is 7.68. The van der Waals surface area contributed by atoms with Crippen molar-refractivity contribution < 1.29 is 0 Å².